The molecule has 1 aliphatic heterocycles. The third-order valence-electron chi connectivity index (χ3n) is 6.28. The Morgan fingerprint density at radius 1 is 1.00 bits per heavy atom. The minimum Gasteiger partial charge on any atom is -0.348 e. The van der Waals surface area contributed by atoms with Crippen molar-refractivity contribution < 1.29 is 4.79 Å². The molecular formula is C24H22N4O. The van der Waals surface area contributed by atoms with Gasteiger partial charge in [0.25, 0.3) is 5.91 Å². The Hall–Kier alpha value is -3.31. The second-order valence-corrected chi connectivity index (χ2v) is 8.16. The van der Waals surface area contributed by atoms with Crippen LogP contribution in [0.4, 0.5) is 0 Å². The van der Waals surface area contributed by atoms with E-state index >= 15 is 0 Å². The van der Waals surface area contributed by atoms with Gasteiger partial charge in [0.05, 0.1) is 16.6 Å². The number of aryl methyl sites for hydroxylation is 1. The molecule has 0 radical (unpaired) electrons. The molecule has 1 unspecified atom stereocenters. The maximum absolute atomic E-state index is 12.9. The van der Waals surface area contributed by atoms with E-state index in [0.717, 1.165) is 39.5 Å². The van der Waals surface area contributed by atoms with Gasteiger partial charge >= 0.3 is 0 Å². The van der Waals surface area contributed by atoms with Crippen molar-refractivity contribution in [2.24, 2.45) is 12.8 Å². The van der Waals surface area contributed by atoms with Crippen LogP contribution in [0.15, 0.2) is 48.5 Å². The lowest BCUT2D eigenvalue weighted by atomic mass is 9.97. The van der Waals surface area contributed by atoms with Crippen molar-refractivity contribution in [3.8, 4) is 0 Å². The quantitative estimate of drug-likeness (QED) is 0.484. The first-order valence-corrected chi connectivity index (χ1v) is 10.0. The van der Waals surface area contributed by atoms with Gasteiger partial charge < -0.3 is 20.2 Å². The Balaban J connectivity index is 2.00. The van der Waals surface area contributed by atoms with E-state index in [0.29, 0.717) is 6.54 Å². The summed E-state index contributed by atoms with van der Waals surface area (Å²) in [5.74, 6) is 0.0206. The first kappa shape index (κ1) is 16.6. The Kier molecular flexibility index (Phi) is 3.22. The van der Waals surface area contributed by atoms with Gasteiger partial charge in [0, 0.05) is 58.8 Å². The molecule has 0 spiro atoms. The van der Waals surface area contributed by atoms with Crippen LogP contribution >= 0.6 is 0 Å². The SMILES string of the molecule is CC(N)Cn1c2ccccc2c2c3c(c4c5ccccc5n(C)c4c21)C(=O)NC3. The molecule has 0 saturated heterocycles. The number of nitrogens with zero attached hydrogens (tertiary/aromatic N) is 2. The zero-order chi connectivity index (χ0) is 19.9. The molecule has 3 N–H and O–H groups in total. The standard InChI is InChI=1S/C24H22N4O/c1-13(25)12-28-18-10-6-4-8-15(18)19-16-11-26-24(29)21(16)20-14-7-3-5-9-17(14)27(2)22(20)23(19)28/h3-10,13H,11-12,25H2,1-2H3,(H,26,29). The molecule has 6 rings (SSSR count). The molecule has 0 bridgehead atoms. The normalized spacial score (nSPS) is 14.9. The number of hydrogen-bond acceptors (Lipinski definition) is 2. The van der Waals surface area contributed by atoms with Crippen molar-refractivity contribution in [1.82, 2.24) is 14.5 Å². The van der Waals surface area contributed by atoms with Gasteiger partial charge in [-0.25, -0.2) is 0 Å². The first-order chi connectivity index (χ1) is 14.1. The summed E-state index contributed by atoms with van der Waals surface area (Å²) in [6.07, 6.45) is 0. The minimum atomic E-state index is 0.0201. The molecule has 0 aliphatic carbocycles. The lowest BCUT2D eigenvalue weighted by molar-refractivity contribution is 0.0967. The highest BCUT2D eigenvalue weighted by Gasteiger charge is 2.31. The Labute approximate surface area is 167 Å². The third-order valence-corrected chi connectivity index (χ3v) is 6.28. The number of benzene rings is 3. The number of rotatable bonds is 2. The molecular weight excluding hydrogens is 360 g/mol. The maximum Gasteiger partial charge on any atom is 0.252 e. The summed E-state index contributed by atoms with van der Waals surface area (Å²) in [7, 11) is 2.09. The van der Waals surface area contributed by atoms with Gasteiger partial charge in [0.2, 0.25) is 0 Å². The van der Waals surface area contributed by atoms with E-state index in [-0.39, 0.29) is 11.9 Å². The zero-order valence-electron chi connectivity index (χ0n) is 16.5. The Morgan fingerprint density at radius 2 is 1.66 bits per heavy atom. The summed E-state index contributed by atoms with van der Waals surface area (Å²) < 4.78 is 4.58. The smallest absolute Gasteiger partial charge is 0.252 e. The second-order valence-electron chi connectivity index (χ2n) is 8.16. The predicted molar refractivity (Wildman–Crippen MR) is 118 cm³/mol. The topological polar surface area (TPSA) is 65.0 Å². The number of carbonyl (C=O) groups is 1. The van der Waals surface area contributed by atoms with Gasteiger partial charge in [0.1, 0.15) is 0 Å². The number of amides is 1. The molecule has 0 fully saturated rings. The van der Waals surface area contributed by atoms with E-state index in [1.165, 1.54) is 21.8 Å². The molecule has 2 aromatic heterocycles. The first-order valence-electron chi connectivity index (χ1n) is 10.0. The average Bonchev–Trinajstić information content (AvgIpc) is 3.34. The zero-order valence-corrected chi connectivity index (χ0v) is 16.5. The molecule has 1 amide bonds. The van der Waals surface area contributed by atoms with Crippen LogP contribution in [-0.2, 0) is 20.1 Å². The molecule has 5 nitrogen and oxygen atoms in total. The average molecular weight is 382 g/mol. The number of hydrogen-bond donors (Lipinski definition) is 2. The molecule has 5 heteroatoms. The monoisotopic (exact) mass is 382 g/mol. The van der Waals surface area contributed by atoms with E-state index in [1.54, 1.807) is 0 Å². The van der Waals surface area contributed by atoms with E-state index in [2.05, 4.69) is 64.0 Å². The molecule has 3 heterocycles. The van der Waals surface area contributed by atoms with Crippen LogP contribution < -0.4 is 11.1 Å². The number of aromatic nitrogens is 2. The molecule has 1 aliphatic rings. The van der Waals surface area contributed by atoms with Crippen LogP contribution in [-0.4, -0.2) is 21.1 Å². The fourth-order valence-electron chi connectivity index (χ4n) is 5.22. The van der Waals surface area contributed by atoms with Crippen LogP contribution in [0.1, 0.15) is 22.8 Å². The highest BCUT2D eigenvalue weighted by molar-refractivity contribution is 6.30. The molecule has 3 aromatic carbocycles. The number of nitrogens with two attached hydrogens (primary N) is 1. The molecule has 0 saturated carbocycles. The van der Waals surface area contributed by atoms with Crippen molar-refractivity contribution in [3.05, 3.63) is 59.7 Å². The maximum atomic E-state index is 12.9. The van der Waals surface area contributed by atoms with Crippen molar-refractivity contribution >= 4 is 49.5 Å². The summed E-state index contributed by atoms with van der Waals surface area (Å²) in [6.45, 7) is 3.33. The van der Waals surface area contributed by atoms with Crippen LogP contribution in [0.5, 0.6) is 0 Å². The fourth-order valence-corrected chi connectivity index (χ4v) is 5.22. The van der Waals surface area contributed by atoms with E-state index in [4.69, 9.17) is 5.73 Å². The van der Waals surface area contributed by atoms with E-state index in [1.807, 2.05) is 13.0 Å². The van der Waals surface area contributed by atoms with Crippen molar-refractivity contribution in [3.63, 3.8) is 0 Å². The highest BCUT2D eigenvalue weighted by Crippen LogP contribution is 2.44. The fraction of sp³-hybridized carbons (Fsp3) is 0.208. The van der Waals surface area contributed by atoms with Gasteiger partial charge in [-0.3, -0.25) is 4.79 Å². The summed E-state index contributed by atoms with van der Waals surface area (Å²) in [5, 5.41) is 7.61. The van der Waals surface area contributed by atoms with Gasteiger partial charge in [0.15, 0.2) is 0 Å². The third kappa shape index (κ3) is 2.00. The Morgan fingerprint density at radius 3 is 2.38 bits per heavy atom. The van der Waals surface area contributed by atoms with Gasteiger partial charge in [-0.05, 0) is 24.6 Å². The van der Waals surface area contributed by atoms with Gasteiger partial charge in [-0.1, -0.05) is 36.4 Å². The molecule has 5 aromatic rings. The van der Waals surface area contributed by atoms with Gasteiger partial charge in [-0.15, -0.1) is 0 Å². The highest BCUT2D eigenvalue weighted by atomic mass is 16.1. The van der Waals surface area contributed by atoms with Crippen LogP contribution in [0.25, 0.3) is 43.6 Å². The number of carbonyl (C=O) groups excluding carboxylic acids is 1. The predicted octanol–water partition coefficient (Wildman–Crippen LogP) is 4.03. The number of fused-ring (bicyclic) bond motifs is 10. The van der Waals surface area contributed by atoms with E-state index in [9.17, 15) is 4.79 Å². The summed E-state index contributed by atoms with van der Waals surface area (Å²) >= 11 is 0. The van der Waals surface area contributed by atoms with Crippen molar-refractivity contribution in [1.29, 1.82) is 0 Å². The molecule has 29 heavy (non-hydrogen) atoms. The largest absolute Gasteiger partial charge is 0.348 e. The Bertz CT molecular complexity index is 1490. The van der Waals surface area contributed by atoms with Gasteiger partial charge in [-0.2, -0.15) is 0 Å². The van der Waals surface area contributed by atoms with E-state index < -0.39 is 0 Å². The lowest BCUT2D eigenvalue weighted by Crippen LogP contribution is -2.22. The molecule has 144 valence electrons. The molecule has 1 atom stereocenters. The lowest BCUT2D eigenvalue weighted by Gasteiger charge is -2.13. The van der Waals surface area contributed by atoms with Crippen molar-refractivity contribution in [2.45, 2.75) is 26.1 Å². The second kappa shape index (κ2) is 5.61. The number of para-hydroxylation sites is 2. The minimum absolute atomic E-state index is 0.0201. The number of nitrogens with one attached hydrogen (secondary N) is 1. The van der Waals surface area contributed by atoms with Crippen LogP contribution in [0.2, 0.25) is 0 Å². The summed E-state index contributed by atoms with van der Waals surface area (Å²) in [6, 6.07) is 16.8. The van der Waals surface area contributed by atoms with Crippen LogP contribution in [0, 0.1) is 0 Å². The van der Waals surface area contributed by atoms with Crippen molar-refractivity contribution in [2.75, 3.05) is 0 Å². The van der Waals surface area contributed by atoms with Crippen LogP contribution in [0.3, 0.4) is 0 Å². The summed E-state index contributed by atoms with van der Waals surface area (Å²) in [5.41, 5.74) is 12.8. The summed E-state index contributed by atoms with van der Waals surface area (Å²) in [4.78, 5) is 12.9.